The fraction of sp³-hybridized carbons (Fsp3) is 0.273. The molecule has 0 saturated heterocycles. The fourth-order valence-corrected chi connectivity index (χ4v) is 4.01. The second-order valence-corrected chi connectivity index (χ2v) is 6.82. The summed E-state index contributed by atoms with van der Waals surface area (Å²) in [6.45, 7) is 8.98. The number of hydrogen-bond acceptors (Lipinski definition) is 2. The van der Waals surface area contributed by atoms with Gasteiger partial charge in [0.25, 0.3) is 0 Å². The van der Waals surface area contributed by atoms with Gasteiger partial charge in [0, 0.05) is 0 Å². The summed E-state index contributed by atoms with van der Waals surface area (Å²) >= 11 is 0. The van der Waals surface area contributed by atoms with Crippen LogP contribution in [-0.2, 0) is 9.84 Å². The van der Waals surface area contributed by atoms with Gasteiger partial charge in [-0.25, -0.2) is 8.42 Å². The smallest absolute Gasteiger partial charge is 0.182 e. The summed E-state index contributed by atoms with van der Waals surface area (Å²) in [6, 6.07) is 0. The van der Waals surface area contributed by atoms with E-state index in [0.29, 0.717) is 13.5 Å². The molecule has 1 atom stereocenters. The second-order valence-electron chi connectivity index (χ2n) is 2.76. The Morgan fingerprint density at radius 3 is 2.47 bits per heavy atom. The first-order chi connectivity index (χ1) is 7.08. The summed E-state index contributed by atoms with van der Waals surface area (Å²) in [5.74, 6) is 0. The monoisotopic (exact) mass is 244 g/mol. The standard InChI is InChI=1S/C11H17O2PS/c1-4-7-9-11(8-5-2)15(12,13)10-14-6-3/h4-5,7-9,14H,1-2,6,10H2,3H3/b9-7-,11-8+. The van der Waals surface area contributed by atoms with Crippen LogP contribution in [0, 0.1) is 0 Å². The third-order valence-electron chi connectivity index (χ3n) is 1.58. The van der Waals surface area contributed by atoms with Crippen LogP contribution in [0.1, 0.15) is 6.92 Å². The van der Waals surface area contributed by atoms with Crippen LogP contribution in [0.4, 0.5) is 0 Å². The van der Waals surface area contributed by atoms with Gasteiger partial charge in [-0.05, 0) is 18.3 Å². The quantitative estimate of drug-likeness (QED) is 0.509. The zero-order valence-electron chi connectivity index (χ0n) is 8.94. The van der Waals surface area contributed by atoms with E-state index in [1.54, 1.807) is 18.2 Å². The average molecular weight is 244 g/mol. The number of rotatable bonds is 7. The second kappa shape index (κ2) is 7.61. The van der Waals surface area contributed by atoms with E-state index in [9.17, 15) is 8.42 Å². The van der Waals surface area contributed by atoms with Gasteiger partial charge in [-0.15, -0.1) is 8.58 Å². The van der Waals surface area contributed by atoms with E-state index in [4.69, 9.17) is 0 Å². The summed E-state index contributed by atoms with van der Waals surface area (Å²) in [5.41, 5.74) is 0.213. The molecule has 0 aliphatic heterocycles. The SMILES string of the molecule is C=C/C=C\C(=C/C=C)S(=O)(=O)CPCC. The third kappa shape index (κ3) is 5.71. The highest BCUT2D eigenvalue weighted by molar-refractivity contribution is 7.99. The molecule has 4 heteroatoms. The Hall–Kier alpha value is -0.660. The minimum atomic E-state index is -3.15. The summed E-state index contributed by atoms with van der Waals surface area (Å²) < 4.78 is 23.6. The van der Waals surface area contributed by atoms with Crippen LogP contribution in [0.25, 0.3) is 0 Å². The lowest BCUT2D eigenvalue weighted by atomic mass is 10.4. The van der Waals surface area contributed by atoms with E-state index >= 15 is 0 Å². The number of allylic oxidation sites excluding steroid dienone is 5. The van der Waals surface area contributed by atoms with E-state index in [1.807, 2.05) is 6.92 Å². The molecule has 84 valence electrons. The first-order valence-electron chi connectivity index (χ1n) is 4.63. The maximum Gasteiger partial charge on any atom is 0.182 e. The first kappa shape index (κ1) is 14.3. The van der Waals surface area contributed by atoms with Crippen LogP contribution in [0.3, 0.4) is 0 Å². The molecule has 15 heavy (non-hydrogen) atoms. The highest BCUT2D eigenvalue weighted by Gasteiger charge is 2.13. The Morgan fingerprint density at radius 2 is 2.00 bits per heavy atom. The highest BCUT2D eigenvalue weighted by atomic mass is 32.2. The molecule has 0 aliphatic rings. The van der Waals surface area contributed by atoms with Crippen molar-refractivity contribution in [3.8, 4) is 0 Å². The summed E-state index contributed by atoms with van der Waals surface area (Å²) in [5, 5.41) is 0. The van der Waals surface area contributed by atoms with Crippen molar-refractivity contribution in [2.24, 2.45) is 0 Å². The molecule has 0 aromatic heterocycles. The molecular weight excluding hydrogens is 227 g/mol. The van der Waals surface area contributed by atoms with E-state index in [1.165, 1.54) is 12.2 Å². The van der Waals surface area contributed by atoms with Crippen LogP contribution in [0.2, 0.25) is 0 Å². The maximum atomic E-state index is 11.8. The predicted octanol–water partition coefficient (Wildman–Crippen LogP) is 2.87. The van der Waals surface area contributed by atoms with Gasteiger partial charge in [0.2, 0.25) is 0 Å². The van der Waals surface area contributed by atoms with E-state index in [2.05, 4.69) is 13.2 Å². The molecule has 0 aromatic carbocycles. The summed E-state index contributed by atoms with van der Waals surface area (Å²) in [7, 11) is -2.71. The molecule has 0 saturated carbocycles. The van der Waals surface area contributed by atoms with Crippen LogP contribution in [0.15, 0.2) is 48.4 Å². The van der Waals surface area contributed by atoms with Crippen LogP contribution in [0.5, 0.6) is 0 Å². The van der Waals surface area contributed by atoms with Gasteiger partial charge in [0.15, 0.2) is 9.84 Å². The highest BCUT2D eigenvalue weighted by Crippen LogP contribution is 2.19. The Balaban J connectivity index is 4.91. The van der Waals surface area contributed by atoms with Crippen molar-refractivity contribution in [3.05, 3.63) is 48.4 Å². The van der Waals surface area contributed by atoms with Crippen molar-refractivity contribution in [2.75, 3.05) is 11.7 Å². The molecule has 0 rings (SSSR count). The van der Waals surface area contributed by atoms with Crippen molar-refractivity contribution in [1.82, 2.24) is 0 Å². The Labute approximate surface area is 94.2 Å². The molecule has 1 unspecified atom stereocenters. The minimum Gasteiger partial charge on any atom is -0.223 e. The normalized spacial score (nSPS) is 13.8. The largest absolute Gasteiger partial charge is 0.223 e. The van der Waals surface area contributed by atoms with Gasteiger partial charge in [-0.1, -0.05) is 38.3 Å². The van der Waals surface area contributed by atoms with Crippen molar-refractivity contribution in [1.29, 1.82) is 0 Å². The molecule has 0 spiro atoms. The molecule has 0 radical (unpaired) electrons. The van der Waals surface area contributed by atoms with Crippen LogP contribution >= 0.6 is 8.58 Å². The van der Waals surface area contributed by atoms with Crippen molar-refractivity contribution < 1.29 is 8.42 Å². The van der Waals surface area contributed by atoms with Gasteiger partial charge in [-0.2, -0.15) is 0 Å². The predicted molar refractivity (Wildman–Crippen MR) is 70.3 cm³/mol. The van der Waals surface area contributed by atoms with Crippen molar-refractivity contribution >= 4 is 18.4 Å². The Bertz CT molecular complexity index is 364. The summed E-state index contributed by atoms with van der Waals surface area (Å²) in [6.07, 6.45) is 8.59. The molecule has 0 fully saturated rings. The molecule has 0 heterocycles. The third-order valence-corrected chi connectivity index (χ3v) is 5.41. The number of hydrogen-bond donors (Lipinski definition) is 0. The molecular formula is C11H17O2PS. The van der Waals surface area contributed by atoms with Gasteiger partial charge in [-0.3, -0.25) is 0 Å². The van der Waals surface area contributed by atoms with Gasteiger partial charge >= 0.3 is 0 Å². The fourth-order valence-electron chi connectivity index (χ4n) is 0.862. The van der Waals surface area contributed by atoms with Gasteiger partial charge in [0.1, 0.15) is 0 Å². The van der Waals surface area contributed by atoms with E-state index < -0.39 is 9.84 Å². The maximum absolute atomic E-state index is 11.8. The molecule has 2 nitrogen and oxygen atoms in total. The topological polar surface area (TPSA) is 34.1 Å². The zero-order valence-corrected chi connectivity index (χ0v) is 10.8. The van der Waals surface area contributed by atoms with Crippen molar-refractivity contribution in [2.45, 2.75) is 6.92 Å². The molecule has 0 amide bonds. The average Bonchev–Trinajstić information content (AvgIpc) is 2.21. The van der Waals surface area contributed by atoms with Crippen LogP contribution < -0.4 is 0 Å². The molecule has 0 aliphatic carbocycles. The van der Waals surface area contributed by atoms with Gasteiger partial charge < -0.3 is 0 Å². The lowest BCUT2D eigenvalue weighted by molar-refractivity contribution is 0.607. The van der Waals surface area contributed by atoms with E-state index in [0.717, 1.165) is 6.16 Å². The van der Waals surface area contributed by atoms with Crippen molar-refractivity contribution in [3.63, 3.8) is 0 Å². The molecule has 0 N–H and O–H groups in total. The summed E-state index contributed by atoms with van der Waals surface area (Å²) in [4.78, 5) is 0.304. The van der Waals surface area contributed by atoms with Crippen LogP contribution in [-0.4, -0.2) is 20.1 Å². The Kier molecular flexibility index (Phi) is 7.27. The van der Waals surface area contributed by atoms with Gasteiger partial charge in [0.05, 0.1) is 10.4 Å². The minimum absolute atomic E-state index is 0.213. The molecule has 0 aromatic rings. The number of sulfone groups is 1. The zero-order chi connectivity index (χ0) is 11.7. The lowest BCUT2D eigenvalue weighted by Gasteiger charge is -2.03. The lowest BCUT2D eigenvalue weighted by Crippen LogP contribution is -2.04. The van der Waals surface area contributed by atoms with E-state index in [-0.39, 0.29) is 5.49 Å². The Morgan fingerprint density at radius 1 is 1.33 bits per heavy atom. The molecule has 0 bridgehead atoms. The first-order valence-corrected chi connectivity index (χ1v) is 7.70.